The lowest BCUT2D eigenvalue weighted by Gasteiger charge is -2.27. The van der Waals surface area contributed by atoms with Crippen molar-refractivity contribution in [1.29, 1.82) is 0 Å². The lowest BCUT2D eigenvalue weighted by Crippen LogP contribution is -2.26. The Bertz CT molecular complexity index is 1410. The Labute approximate surface area is 246 Å². The molecule has 0 bridgehead atoms. The smallest absolute Gasteiger partial charge is 0.417 e. The molecule has 0 aliphatic heterocycles. The van der Waals surface area contributed by atoms with E-state index in [-0.39, 0.29) is 29.7 Å². The van der Waals surface area contributed by atoms with Crippen LogP contribution in [0.5, 0.6) is 11.6 Å². The van der Waals surface area contributed by atoms with E-state index < -0.39 is 52.7 Å². The molecule has 3 aliphatic rings. The maximum atomic E-state index is 14.5. The summed E-state index contributed by atoms with van der Waals surface area (Å²) < 4.78 is 88.0. The zero-order valence-electron chi connectivity index (χ0n) is 23.9. The number of rotatable bonds is 4. The molecule has 234 valence electrons. The molecule has 3 aromatic rings. The van der Waals surface area contributed by atoms with Crippen LogP contribution >= 0.6 is 0 Å². The second-order valence-corrected chi connectivity index (χ2v) is 11.5. The molecule has 2 aromatic carbocycles. The van der Waals surface area contributed by atoms with Crippen LogP contribution in [0.3, 0.4) is 0 Å². The van der Waals surface area contributed by atoms with Gasteiger partial charge >= 0.3 is 6.18 Å². The van der Waals surface area contributed by atoms with Gasteiger partial charge in [0.05, 0.1) is 11.2 Å². The van der Waals surface area contributed by atoms with E-state index in [1.165, 1.54) is 24.8 Å². The average molecular weight is 612 g/mol. The number of phenolic OH excluding ortho intramolecular Hbond substituents is 1. The number of aliphatic hydroxyl groups excluding tert-OH is 1. The predicted octanol–water partition coefficient (Wildman–Crippen LogP) is 7.83. The lowest BCUT2D eigenvalue weighted by atomic mass is 9.87. The summed E-state index contributed by atoms with van der Waals surface area (Å²) in [5, 5.41) is 26.2. The van der Waals surface area contributed by atoms with Gasteiger partial charge in [-0.05, 0) is 97.9 Å². The highest BCUT2D eigenvalue weighted by molar-refractivity contribution is 5.70. The fraction of sp³-hybridized carbons (Fsp3) is 0.469. The van der Waals surface area contributed by atoms with Gasteiger partial charge in [-0.2, -0.15) is 13.2 Å². The van der Waals surface area contributed by atoms with Crippen LogP contribution in [0.1, 0.15) is 80.5 Å². The minimum Gasteiger partial charge on any atom is -0.503 e. The monoisotopic (exact) mass is 611 g/mol. The van der Waals surface area contributed by atoms with Crippen molar-refractivity contribution in [3.8, 4) is 22.8 Å². The van der Waals surface area contributed by atoms with Gasteiger partial charge in [0, 0.05) is 24.4 Å². The molecule has 3 N–H and O–H groups in total. The third-order valence-electron chi connectivity index (χ3n) is 7.93. The molecule has 2 atom stereocenters. The van der Waals surface area contributed by atoms with Gasteiger partial charge in [0.25, 0.3) is 0 Å². The van der Waals surface area contributed by atoms with E-state index in [1.807, 2.05) is 6.92 Å². The molecule has 0 amide bonds. The molecule has 2 fully saturated rings. The predicted molar refractivity (Wildman–Crippen MR) is 148 cm³/mol. The Morgan fingerprint density at radius 1 is 0.977 bits per heavy atom. The second kappa shape index (κ2) is 13.1. The van der Waals surface area contributed by atoms with Crippen molar-refractivity contribution in [1.82, 2.24) is 4.98 Å². The quantitative estimate of drug-likeness (QED) is 0.262. The number of ether oxygens (including phenoxy) is 1. The van der Waals surface area contributed by atoms with E-state index >= 15 is 0 Å². The first-order valence-electron chi connectivity index (χ1n) is 14.3. The van der Waals surface area contributed by atoms with Gasteiger partial charge < -0.3 is 20.1 Å². The summed E-state index contributed by atoms with van der Waals surface area (Å²) in [5.74, 6) is -3.98. The molecule has 0 spiro atoms. The van der Waals surface area contributed by atoms with Crippen LogP contribution in [0.15, 0.2) is 36.5 Å². The van der Waals surface area contributed by atoms with Crippen LogP contribution in [0.4, 0.5) is 26.3 Å². The minimum absolute atomic E-state index is 0.215. The van der Waals surface area contributed by atoms with Crippen LogP contribution in [0.25, 0.3) is 11.1 Å². The summed E-state index contributed by atoms with van der Waals surface area (Å²) in [6, 6.07) is 3.96. The van der Waals surface area contributed by atoms with Gasteiger partial charge in [0.15, 0.2) is 17.4 Å². The first kappa shape index (κ1) is 32.6. The van der Waals surface area contributed by atoms with Crippen molar-refractivity contribution in [2.75, 3.05) is 6.61 Å². The van der Waals surface area contributed by atoms with Crippen LogP contribution in [-0.4, -0.2) is 32.5 Å². The number of nitrogens with zero attached hydrogens (tertiary/aromatic N) is 1. The van der Waals surface area contributed by atoms with E-state index in [0.717, 1.165) is 37.3 Å². The zero-order chi connectivity index (χ0) is 31.5. The Morgan fingerprint density at radius 2 is 1.60 bits per heavy atom. The Morgan fingerprint density at radius 3 is 2.16 bits per heavy atom. The number of aromatic nitrogens is 1. The number of benzene rings is 2. The van der Waals surface area contributed by atoms with Crippen LogP contribution in [-0.2, 0) is 19.2 Å². The van der Waals surface area contributed by atoms with Crippen molar-refractivity contribution in [2.45, 2.75) is 83.1 Å². The van der Waals surface area contributed by atoms with Crippen molar-refractivity contribution in [3.63, 3.8) is 0 Å². The molecular weight excluding hydrogens is 576 g/mol. The number of phenols is 1. The van der Waals surface area contributed by atoms with Gasteiger partial charge in [-0.1, -0.05) is 19.3 Å². The Balaban J connectivity index is 0.000000327. The minimum atomic E-state index is -4.98. The van der Waals surface area contributed by atoms with E-state index in [1.54, 1.807) is 19.2 Å². The molecule has 0 radical (unpaired) electrons. The fourth-order valence-corrected chi connectivity index (χ4v) is 5.60. The highest BCUT2D eigenvalue weighted by Gasteiger charge is 2.45. The number of aliphatic hydroxyl groups is 2. The van der Waals surface area contributed by atoms with E-state index in [2.05, 4.69) is 4.98 Å². The van der Waals surface area contributed by atoms with Gasteiger partial charge in [-0.3, -0.25) is 0 Å². The van der Waals surface area contributed by atoms with Gasteiger partial charge in [-0.25, -0.2) is 18.2 Å². The molecule has 11 heteroatoms. The topological polar surface area (TPSA) is 82.8 Å². The molecule has 2 saturated carbocycles. The molecule has 43 heavy (non-hydrogen) atoms. The van der Waals surface area contributed by atoms with Crippen LogP contribution in [0.2, 0.25) is 0 Å². The highest BCUT2D eigenvalue weighted by atomic mass is 19.4. The average Bonchev–Trinajstić information content (AvgIpc) is 3.61. The van der Waals surface area contributed by atoms with Gasteiger partial charge in [0.1, 0.15) is 12.4 Å². The first-order chi connectivity index (χ1) is 20.2. The summed E-state index contributed by atoms with van der Waals surface area (Å²) in [4.78, 5) is 4.19. The summed E-state index contributed by atoms with van der Waals surface area (Å²) in [5.41, 5.74) is -0.844. The summed E-state index contributed by atoms with van der Waals surface area (Å²) >= 11 is 0. The van der Waals surface area contributed by atoms with E-state index in [9.17, 15) is 36.6 Å². The Hall–Kier alpha value is -3.31. The van der Waals surface area contributed by atoms with Crippen LogP contribution < -0.4 is 4.74 Å². The summed E-state index contributed by atoms with van der Waals surface area (Å²) in [6.07, 6.45) is 4.54. The fourth-order valence-electron chi connectivity index (χ4n) is 5.60. The van der Waals surface area contributed by atoms with Crippen molar-refractivity contribution < 1.29 is 46.4 Å². The largest absolute Gasteiger partial charge is 0.503 e. The molecular formula is C32H35F6NO4. The van der Waals surface area contributed by atoms with Crippen molar-refractivity contribution in [2.24, 2.45) is 5.92 Å². The number of alkyl halides is 3. The number of hydrogen-bond donors (Lipinski definition) is 3. The summed E-state index contributed by atoms with van der Waals surface area (Å²) in [6.45, 7) is 3.44. The van der Waals surface area contributed by atoms with Crippen molar-refractivity contribution in [3.05, 3.63) is 76.2 Å². The first-order valence-corrected chi connectivity index (χ1v) is 14.3. The molecule has 6 rings (SSSR count). The maximum absolute atomic E-state index is 14.5. The third kappa shape index (κ3) is 8.00. The lowest BCUT2D eigenvalue weighted by molar-refractivity contribution is -0.137. The number of fused-ring (bicyclic) bond motifs is 3. The number of aromatic hydroxyl groups is 1. The highest BCUT2D eigenvalue weighted by Crippen LogP contribution is 2.56. The number of hydrogen-bond acceptors (Lipinski definition) is 5. The Kier molecular flexibility index (Phi) is 9.96. The molecule has 1 aromatic heterocycles. The number of pyridine rings is 1. The number of halogens is 6. The molecule has 2 unspecified atom stereocenters. The van der Waals surface area contributed by atoms with Gasteiger partial charge in [-0.15, -0.1) is 0 Å². The normalized spacial score (nSPS) is 19.7. The third-order valence-corrected chi connectivity index (χ3v) is 7.93. The standard InChI is InChI=1S/C23H15F6NO2.C7H14O.C2H6O/c24-18-7-17(23(27,28)29)15(12-4-19(25)22(31)20(26)5-12)3-13(18)9-32-21-6-11-1-10-2-14(10)16(11)8-30-21;1-7(8)5-3-2-4-6-7;1-2-3/h3-8,10,14,31H,1-2,9H2;8H,2-6H2,1H3;3H,2H2,1H3. The summed E-state index contributed by atoms with van der Waals surface area (Å²) in [7, 11) is 0. The van der Waals surface area contributed by atoms with E-state index in [0.29, 0.717) is 24.0 Å². The molecule has 5 nitrogen and oxygen atoms in total. The molecule has 0 saturated heterocycles. The SMILES string of the molecule is CC1(O)CCCCC1.CCO.Oc1c(F)cc(-c2cc(COc3cc4c(cn3)C3CC3C4)c(F)cc2C(F)(F)F)cc1F. The van der Waals surface area contributed by atoms with Crippen molar-refractivity contribution >= 4 is 0 Å². The molecule has 3 aliphatic carbocycles. The van der Waals surface area contributed by atoms with Crippen LogP contribution in [0, 0.1) is 23.4 Å². The second-order valence-electron chi connectivity index (χ2n) is 11.5. The molecule has 1 heterocycles. The van der Waals surface area contributed by atoms with Gasteiger partial charge in [0.2, 0.25) is 5.88 Å². The maximum Gasteiger partial charge on any atom is 0.417 e. The zero-order valence-corrected chi connectivity index (χ0v) is 23.9. The van der Waals surface area contributed by atoms with E-state index in [4.69, 9.17) is 9.84 Å².